The molecule has 15 heavy (non-hydrogen) atoms. The highest BCUT2D eigenvalue weighted by Crippen LogP contribution is 2.60. The fraction of sp³-hybridized carbons (Fsp3) is 0.769. The maximum absolute atomic E-state index is 12.1. The lowest BCUT2D eigenvalue weighted by Crippen LogP contribution is -2.52. The van der Waals surface area contributed by atoms with Crippen LogP contribution in [0.3, 0.4) is 0 Å². The normalized spacial score (nSPS) is 46.5. The number of rotatable bonds is 2. The molecule has 4 aliphatic rings. The number of carbonyl (C=O) groups excluding carboxylic acids is 1. The van der Waals surface area contributed by atoms with E-state index < -0.39 is 0 Å². The molecule has 1 amide bonds. The molecule has 4 bridgehead atoms. The Kier molecular flexibility index (Phi) is 1.95. The van der Waals surface area contributed by atoms with E-state index in [1.54, 1.807) is 6.20 Å². The summed E-state index contributed by atoms with van der Waals surface area (Å²) in [5, 5.41) is 2.83. The van der Waals surface area contributed by atoms with Crippen molar-refractivity contribution in [3.05, 3.63) is 12.8 Å². The molecule has 0 aromatic rings. The highest BCUT2D eigenvalue weighted by atomic mass is 16.2. The molecule has 0 aromatic carbocycles. The van der Waals surface area contributed by atoms with E-state index in [4.69, 9.17) is 0 Å². The maximum Gasteiger partial charge on any atom is 0.230 e. The highest BCUT2D eigenvalue weighted by Gasteiger charge is 2.54. The summed E-state index contributed by atoms with van der Waals surface area (Å²) in [5.74, 6) is 2.77. The smallest absolute Gasteiger partial charge is 0.230 e. The van der Waals surface area contributed by atoms with Crippen molar-refractivity contribution in [2.45, 2.75) is 38.5 Å². The van der Waals surface area contributed by atoms with E-state index in [1.165, 1.54) is 19.3 Å². The van der Waals surface area contributed by atoms with Crippen molar-refractivity contribution < 1.29 is 4.79 Å². The van der Waals surface area contributed by atoms with Gasteiger partial charge in [0.25, 0.3) is 0 Å². The van der Waals surface area contributed by atoms with E-state index in [0.717, 1.165) is 37.0 Å². The van der Waals surface area contributed by atoms with Gasteiger partial charge in [0.05, 0.1) is 5.41 Å². The predicted octanol–water partition coefficient (Wildman–Crippen LogP) is 2.46. The van der Waals surface area contributed by atoms with Crippen LogP contribution in [-0.4, -0.2) is 5.91 Å². The van der Waals surface area contributed by atoms with E-state index in [-0.39, 0.29) is 11.3 Å². The van der Waals surface area contributed by atoms with Crippen LogP contribution < -0.4 is 5.32 Å². The molecule has 1 N–H and O–H groups in total. The highest BCUT2D eigenvalue weighted by molar-refractivity contribution is 5.83. The minimum absolute atomic E-state index is 0.0110. The molecule has 4 fully saturated rings. The molecule has 2 heteroatoms. The first kappa shape index (κ1) is 9.44. The molecule has 4 rings (SSSR count). The first-order valence-corrected chi connectivity index (χ1v) is 6.14. The number of hydrogen-bond acceptors (Lipinski definition) is 1. The van der Waals surface area contributed by atoms with Crippen LogP contribution in [-0.2, 0) is 4.79 Å². The largest absolute Gasteiger partial charge is 0.333 e. The second-order valence-electron chi connectivity index (χ2n) is 5.88. The zero-order valence-electron chi connectivity index (χ0n) is 9.17. The zero-order chi connectivity index (χ0) is 10.5. The van der Waals surface area contributed by atoms with Crippen molar-refractivity contribution in [3.63, 3.8) is 0 Å². The zero-order valence-corrected chi connectivity index (χ0v) is 9.17. The van der Waals surface area contributed by atoms with Gasteiger partial charge in [0.15, 0.2) is 0 Å². The lowest BCUT2D eigenvalue weighted by molar-refractivity contribution is -0.145. The second-order valence-corrected chi connectivity index (χ2v) is 5.88. The van der Waals surface area contributed by atoms with Crippen LogP contribution in [0.25, 0.3) is 0 Å². The van der Waals surface area contributed by atoms with Gasteiger partial charge in [-0.1, -0.05) is 6.58 Å². The number of carbonyl (C=O) groups is 1. The number of nitrogens with one attached hydrogen (secondary N) is 1. The molecule has 82 valence electrons. The minimum atomic E-state index is -0.0110. The summed E-state index contributed by atoms with van der Waals surface area (Å²) in [6.45, 7) is 3.60. The Morgan fingerprint density at radius 2 is 1.60 bits per heavy atom. The third kappa shape index (κ3) is 1.34. The number of hydrogen-bond donors (Lipinski definition) is 1. The summed E-state index contributed by atoms with van der Waals surface area (Å²) in [6.07, 6.45) is 9.12. The first-order valence-electron chi connectivity index (χ1n) is 6.14. The molecule has 0 atom stereocenters. The van der Waals surface area contributed by atoms with E-state index in [1.807, 2.05) is 0 Å². The third-order valence-corrected chi connectivity index (χ3v) is 4.75. The van der Waals surface area contributed by atoms with E-state index in [9.17, 15) is 4.79 Å². The summed E-state index contributed by atoms with van der Waals surface area (Å²) in [4.78, 5) is 12.1. The average Bonchev–Trinajstić information content (AvgIpc) is 2.15. The summed E-state index contributed by atoms with van der Waals surface area (Å²) in [6, 6.07) is 0. The molecule has 4 saturated carbocycles. The molecule has 0 unspecified atom stereocenters. The van der Waals surface area contributed by atoms with Crippen molar-refractivity contribution >= 4 is 5.91 Å². The molecule has 2 nitrogen and oxygen atoms in total. The summed E-state index contributed by atoms with van der Waals surface area (Å²) in [5.41, 5.74) is -0.0110. The number of amides is 1. The Hall–Kier alpha value is -0.790. The second kappa shape index (κ2) is 3.10. The van der Waals surface area contributed by atoms with Gasteiger partial charge >= 0.3 is 0 Å². The Morgan fingerprint density at radius 3 is 2.00 bits per heavy atom. The molecular formula is C13H19NO. The molecule has 4 aliphatic carbocycles. The quantitative estimate of drug-likeness (QED) is 0.737. The minimum Gasteiger partial charge on any atom is -0.333 e. The summed E-state index contributed by atoms with van der Waals surface area (Å²) >= 11 is 0. The van der Waals surface area contributed by atoms with Gasteiger partial charge in [-0.25, -0.2) is 0 Å². The van der Waals surface area contributed by atoms with E-state index >= 15 is 0 Å². The average molecular weight is 205 g/mol. The molecule has 0 aromatic heterocycles. The monoisotopic (exact) mass is 205 g/mol. The summed E-state index contributed by atoms with van der Waals surface area (Å²) < 4.78 is 0. The van der Waals surface area contributed by atoms with Gasteiger partial charge in [0, 0.05) is 0 Å². The van der Waals surface area contributed by atoms with Crippen LogP contribution in [0.5, 0.6) is 0 Å². The van der Waals surface area contributed by atoms with Crippen molar-refractivity contribution in [2.24, 2.45) is 23.2 Å². The summed E-state index contributed by atoms with van der Waals surface area (Å²) in [7, 11) is 0. The van der Waals surface area contributed by atoms with Gasteiger partial charge in [0.2, 0.25) is 5.91 Å². The van der Waals surface area contributed by atoms with Gasteiger partial charge in [-0.15, -0.1) is 0 Å². The lowest BCUT2D eigenvalue weighted by Gasteiger charge is -2.55. The van der Waals surface area contributed by atoms with Crippen LogP contribution in [0.15, 0.2) is 12.8 Å². The third-order valence-electron chi connectivity index (χ3n) is 4.75. The molecular weight excluding hydrogens is 186 g/mol. The van der Waals surface area contributed by atoms with Gasteiger partial charge < -0.3 is 5.32 Å². The molecule has 0 aliphatic heterocycles. The first-order chi connectivity index (χ1) is 7.22. The molecule has 0 heterocycles. The molecule has 0 spiro atoms. The van der Waals surface area contributed by atoms with E-state index in [2.05, 4.69) is 11.9 Å². The van der Waals surface area contributed by atoms with Crippen LogP contribution in [0.4, 0.5) is 0 Å². The predicted molar refractivity (Wildman–Crippen MR) is 58.9 cm³/mol. The standard InChI is InChI=1S/C13H19NO/c1-2-14-12(15)13-6-9-3-10(7-13)5-11(4-9)8-13/h2,9-11H,1,3-8H2,(H,14,15). The van der Waals surface area contributed by atoms with Gasteiger partial charge in [-0.3, -0.25) is 4.79 Å². The van der Waals surface area contributed by atoms with Crippen LogP contribution in [0.2, 0.25) is 0 Å². The fourth-order valence-corrected chi connectivity index (χ4v) is 4.63. The van der Waals surface area contributed by atoms with Crippen LogP contribution in [0, 0.1) is 23.2 Å². The van der Waals surface area contributed by atoms with Gasteiger partial charge in [-0.05, 0) is 62.5 Å². The maximum atomic E-state index is 12.1. The van der Waals surface area contributed by atoms with Crippen molar-refractivity contribution in [2.75, 3.05) is 0 Å². The Labute approximate surface area is 91.1 Å². The van der Waals surface area contributed by atoms with Crippen molar-refractivity contribution in [1.29, 1.82) is 0 Å². The van der Waals surface area contributed by atoms with Crippen molar-refractivity contribution in [3.8, 4) is 0 Å². The lowest BCUT2D eigenvalue weighted by atomic mass is 9.49. The van der Waals surface area contributed by atoms with Crippen LogP contribution in [0.1, 0.15) is 38.5 Å². The van der Waals surface area contributed by atoms with Crippen LogP contribution >= 0.6 is 0 Å². The Balaban J connectivity index is 1.86. The van der Waals surface area contributed by atoms with E-state index in [0.29, 0.717) is 0 Å². The molecule has 0 radical (unpaired) electrons. The van der Waals surface area contributed by atoms with Gasteiger partial charge in [-0.2, -0.15) is 0 Å². The molecule has 0 saturated heterocycles. The topological polar surface area (TPSA) is 29.1 Å². The fourth-order valence-electron chi connectivity index (χ4n) is 4.63. The SMILES string of the molecule is C=CNC(=O)C12CC3CC(CC(C3)C1)C2. The van der Waals surface area contributed by atoms with Gasteiger partial charge in [0.1, 0.15) is 0 Å². The Bertz CT molecular complexity index is 272. The Morgan fingerprint density at radius 1 is 1.13 bits per heavy atom. The van der Waals surface area contributed by atoms with Crippen molar-refractivity contribution in [1.82, 2.24) is 5.32 Å².